The van der Waals surface area contributed by atoms with Crippen molar-refractivity contribution in [3.05, 3.63) is 35.9 Å². The molecule has 1 aromatic rings. The predicted molar refractivity (Wildman–Crippen MR) is 108 cm³/mol. The molecule has 27 heavy (non-hydrogen) atoms. The molecule has 2 unspecified atom stereocenters. The molecule has 0 aromatic heterocycles. The van der Waals surface area contributed by atoms with Crippen LogP contribution in [-0.4, -0.2) is 35.8 Å². The Balaban J connectivity index is 0.000000193. The summed E-state index contributed by atoms with van der Waals surface area (Å²) in [4.78, 5) is 25.1. The molecule has 2 amide bonds. The summed E-state index contributed by atoms with van der Waals surface area (Å²) in [5.41, 5.74) is 1.53. The molecular weight excluding hydrogens is 336 g/mol. The second-order valence-corrected chi connectivity index (χ2v) is 8.79. The first kappa shape index (κ1) is 19.9. The molecule has 0 spiro atoms. The van der Waals surface area contributed by atoms with Crippen molar-refractivity contribution in [1.29, 1.82) is 0 Å². The van der Waals surface area contributed by atoms with Gasteiger partial charge in [-0.1, -0.05) is 57.0 Å². The highest BCUT2D eigenvalue weighted by Gasteiger charge is 2.37. The van der Waals surface area contributed by atoms with E-state index in [1.165, 1.54) is 44.1 Å². The molecular formula is C23H34N2O2. The van der Waals surface area contributed by atoms with Gasteiger partial charge in [0.05, 0.1) is 0 Å². The van der Waals surface area contributed by atoms with Crippen LogP contribution in [0.15, 0.2) is 30.3 Å². The lowest BCUT2D eigenvalue weighted by Crippen LogP contribution is -2.61. The maximum atomic E-state index is 12.2. The number of hydrogen-bond donors (Lipinski definition) is 1. The fourth-order valence-corrected chi connectivity index (χ4v) is 4.40. The maximum Gasteiger partial charge on any atom is 0.243 e. The lowest BCUT2D eigenvalue weighted by molar-refractivity contribution is -0.139. The molecule has 3 aliphatic rings. The van der Waals surface area contributed by atoms with Gasteiger partial charge in [-0.15, -0.1) is 0 Å². The first-order valence-electron chi connectivity index (χ1n) is 10.6. The third kappa shape index (κ3) is 5.57. The quantitative estimate of drug-likeness (QED) is 0.793. The number of nitrogens with one attached hydrogen (secondary N) is 1. The Morgan fingerprint density at radius 2 is 1.78 bits per heavy atom. The lowest BCUT2D eigenvalue weighted by Gasteiger charge is -2.40. The van der Waals surface area contributed by atoms with Crippen LogP contribution in [0.4, 0.5) is 0 Å². The van der Waals surface area contributed by atoms with Gasteiger partial charge in [-0.3, -0.25) is 9.59 Å². The highest BCUT2D eigenvalue weighted by atomic mass is 16.2. The molecule has 1 N–H and O–H groups in total. The lowest BCUT2D eigenvalue weighted by atomic mass is 9.92. The minimum absolute atomic E-state index is 0.0407. The van der Waals surface area contributed by atoms with E-state index in [9.17, 15) is 9.59 Å². The second-order valence-electron chi connectivity index (χ2n) is 8.79. The number of nitrogens with zero attached hydrogens (tertiary/aromatic N) is 1. The van der Waals surface area contributed by atoms with E-state index in [0.29, 0.717) is 18.4 Å². The number of hydrogen-bond acceptors (Lipinski definition) is 2. The molecule has 1 heterocycles. The zero-order valence-corrected chi connectivity index (χ0v) is 16.8. The minimum Gasteiger partial charge on any atom is -0.350 e. The monoisotopic (exact) mass is 370 g/mol. The zero-order chi connectivity index (χ0) is 19.2. The van der Waals surface area contributed by atoms with Gasteiger partial charge in [0, 0.05) is 12.6 Å². The second kappa shape index (κ2) is 9.38. The molecule has 1 aromatic carbocycles. The number of carbonyl (C=O) groups is 2. The zero-order valence-electron chi connectivity index (χ0n) is 16.8. The molecule has 2 atom stereocenters. The SMILES string of the molecule is CC(C)CC1C(=O)NC(C2CCCC2)CN1C=O.c1ccc(C2CC2)cc1. The highest BCUT2D eigenvalue weighted by Crippen LogP contribution is 2.39. The van der Waals surface area contributed by atoms with Crippen LogP contribution in [0.3, 0.4) is 0 Å². The first-order valence-corrected chi connectivity index (χ1v) is 10.6. The van der Waals surface area contributed by atoms with Gasteiger partial charge < -0.3 is 10.2 Å². The van der Waals surface area contributed by atoms with Crippen molar-refractivity contribution in [2.45, 2.75) is 76.8 Å². The molecule has 0 radical (unpaired) electrons. The molecule has 1 aliphatic heterocycles. The summed E-state index contributed by atoms with van der Waals surface area (Å²) in [6, 6.07) is 10.7. The van der Waals surface area contributed by atoms with E-state index >= 15 is 0 Å². The predicted octanol–water partition coefficient (Wildman–Crippen LogP) is 4.11. The Hall–Kier alpha value is -1.84. The Labute approximate surface area is 163 Å². The number of amides is 2. The Kier molecular flexibility index (Phi) is 6.92. The number of benzene rings is 1. The van der Waals surface area contributed by atoms with Crippen LogP contribution in [0.25, 0.3) is 0 Å². The van der Waals surface area contributed by atoms with Crippen molar-refractivity contribution in [2.24, 2.45) is 11.8 Å². The van der Waals surface area contributed by atoms with Crippen LogP contribution in [0, 0.1) is 11.8 Å². The third-order valence-electron chi connectivity index (χ3n) is 6.09. The summed E-state index contributed by atoms with van der Waals surface area (Å²) in [5.74, 6) is 1.94. The van der Waals surface area contributed by atoms with Gasteiger partial charge >= 0.3 is 0 Å². The van der Waals surface area contributed by atoms with Gasteiger partial charge in [-0.25, -0.2) is 0 Å². The molecule has 1 saturated heterocycles. The van der Waals surface area contributed by atoms with Crippen molar-refractivity contribution in [3.63, 3.8) is 0 Å². The number of rotatable bonds is 5. The number of piperazine rings is 1. The maximum absolute atomic E-state index is 12.2. The fraction of sp³-hybridized carbons (Fsp3) is 0.652. The van der Waals surface area contributed by atoms with Gasteiger partial charge in [0.15, 0.2) is 0 Å². The summed E-state index contributed by atoms with van der Waals surface area (Å²) in [7, 11) is 0. The van der Waals surface area contributed by atoms with E-state index in [4.69, 9.17) is 0 Å². The van der Waals surface area contributed by atoms with Gasteiger partial charge in [-0.2, -0.15) is 0 Å². The standard InChI is InChI=1S/C14H24N2O2.C9H10/c1-10(2)7-13-14(18)15-12(8-16(13)9-17)11-5-3-4-6-11;1-2-4-8(5-3-1)9-6-7-9/h9-13H,3-8H2,1-2H3,(H,15,18);1-5,9H,6-7H2. The van der Waals surface area contributed by atoms with Crippen molar-refractivity contribution >= 4 is 12.3 Å². The molecule has 0 bridgehead atoms. The van der Waals surface area contributed by atoms with Crippen LogP contribution in [0.2, 0.25) is 0 Å². The van der Waals surface area contributed by atoms with Crippen LogP contribution >= 0.6 is 0 Å². The highest BCUT2D eigenvalue weighted by molar-refractivity contribution is 5.85. The average Bonchev–Trinajstić information content (AvgIpc) is 3.38. The van der Waals surface area contributed by atoms with Crippen LogP contribution < -0.4 is 5.32 Å². The molecule has 2 saturated carbocycles. The summed E-state index contributed by atoms with van der Waals surface area (Å²) in [6.07, 6.45) is 9.31. The van der Waals surface area contributed by atoms with E-state index in [1.807, 2.05) is 0 Å². The van der Waals surface area contributed by atoms with Crippen LogP contribution in [0.1, 0.15) is 70.3 Å². The molecule has 4 nitrogen and oxygen atoms in total. The van der Waals surface area contributed by atoms with Crippen molar-refractivity contribution < 1.29 is 9.59 Å². The van der Waals surface area contributed by atoms with E-state index in [1.54, 1.807) is 4.90 Å². The summed E-state index contributed by atoms with van der Waals surface area (Å²) >= 11 is 0. The largest absolute Gasteiger partial charge is 0.350 e. The first-order chi connectivity index (χ1) is 13.1. The van der Waals surface area contributed by atoms with Crippen LogP contribution in [-0.2, 0) is 9.59 Å². The summed E-state index contributed by atoms with van der Waals surface area (Å²) < 4.78 is 0. The molecule has 148 valence electrons. The molecule has 4 heteroatoms. The number of carbonyl (C=O) groups excluding carboxylic acids is 2. The van der Waals surface area contributed by atoms with E-state index in [2.05, 4.69) is 49.5 Å². The van der Waals surface area contributed by atoms with Gasteiger partial charge in [-0.05, 0) is 55.4 Å². The Bertz CT molecular complexity index is 606. The van der Waals surface area contributed by atoms with Crippen molar-refractivity contribution in [3.8, 4) is 0 Å². The van der Waals surface area contributed by atoms with Crippen molar-refractivity contribution in [1.82, 2.24) is 10.2 Å². The molecule has 4 rings (SSSR count). The topological polar surface area (TPSA) is 49.4 Å². The smallest absolute Gasteiger partial charge is 0.243 e. The van der Waals surface area contributed by atoms with Crippen LogP contribution in [0.5, 0.6) is 0 Å². The molecule has 2 aliphatic carbocycles. The average molecular weight is 371 g/mol. The summed E-state index contributed by atoms with van der Waals surface area (Å²) in [5, 5.41) is 3.14. The fourth-order valence-electron chi connectivity index (χ4n) is 4.40. The Morgan fingerprint density at radius 3 is 2.33 bits per heavy atom. The van der Waals surface area contributed by atoms with E-state index in [0.717, 1.165) is 18.7 Å². The Morgan fingerprint density at radius 1 is 1.11 bits per heavy atom. The molecule has 3 fully saturated rings. The van der Waals surface area contributed by atoms with E-state index in [-0.39, 0.29) is 18.0 Å². The van der Waals surface area contributed by atoms with E-state index < -0.39 is 0 Å². The van der Waals surface area contributed by atoms with Gasteiger partial charge in [0.25, 0.3) is 0 Å². The minimum atomic E-state index is -0.264. The normalized spacial score (nSPS) is 25.7. The van der Waals surface area contributed by atoms with Gasteiger partial charge in [0.1, 0.15) is 6.04 Å². The van der Waals surface area contributed by atoms with Crippen molar-refractivity contribution in [2.75, 3.05) is 6.54 Å². The summed E-state index contributed by atoms with van der Waals surface area (Å²) in [6.45, 7) is 4.86. The third-order valence-corrected chi connectivity index (χ3v) is 6.09. The van der Waals surface area contributed by atoms with Gasteiger partial charge in [0.2, 0.25) is 12.3 Å².